The number of anilines is 2. The molecule has 1 aliphatic heterocycles. The highest BCUT2D eigenvalue weighted by molar-refractivity contribution is 7.92. The third-order valence-corrected chi connectivity index (χ3v) is 8.57. The molecule has 228 valence electrons. The van der Waals surface area contributed by atoms with Gasteiger partial charge in [0.15, 0.2) is 0 Å². The van der Waals surface area contributed by atoms with E-state index in [1.165, 1.54) is 18.3 Å². The normalized spacial score (nSPS) is 16.6. The fraction of sp³-hybridized carbons (Fsp3) is 0.345. The van der Waals surface area contributed by atoms with Crippen LogP contribution < -0.4 is 20.1 Å². The molecular weight excluding hydrogens is 588 g/mol. The summed E-state index contributed by atoms with van der Waals surface area (Å²) in [6.45, 7) is 4.28. The number of piperidine rings is 1. The van der Waals surface area contributed by atoms with E-state index in [1.807, 2.05) is 4.72 Å². The Bertz CT molecular complexity index is 1730. The van der Waals surface area contributed by atoms with Crippen LogP contribution in [-0.4, -0.2) is 54.4 Å². The predicted octanol–water partition coefficient (Wildman–Crippen LogP) is 6.04. The number of alkyl halides is 3. The lowest BCUT2D eigenvalue weighted by atomic mass is 10.0. The van der Waals surface area contributed by atoms with E-state index in [0.717, 1.165) is 38.9 Å². The molecule has 4 aromatic rings. The summed E-state index contributed by atoms with van der Waals surface area (Å²) in [5, 5.41) is 7.12. The molecule has 2 unspecified atom stereocenters. The van der Waals surface area contributed by atoms with Crippen molar-refractivity contribution in [3.05, 3.63) is 66.2 Å². The van der Waals surface area contributed by atoms with Gasteiger partial charge in [-0.25, -0.2) is 27.8 Å². The van der Waals surface area contributed by atoms with E-state index in [0.29, 0.717) is 28.2 Å². The van der Waals surface area contributed by atoms with Crippen LogP contribution in [0, 0.1) is 18.7 Å². The number of hydrogen-bond acceptors (Lipinski definition) is 8. The molecule has 2 aromatic heterocycles. The van der Waals surface area contributed by atoms with E-state index >= 15 is 0 Å². The summed E-state index contributed by atoms with van der Waals surface area (Å²) in [5.74, 6) is -3.45. The van der Waals surface area contributed by atoms with Gasteiger partial charge in [0.1, 0.15) is 11.6 Å². The fourth-order valence-corrected chi connectivity index (χ4v) is 6.27. The van der Waals surface area contributed by atoms with Crippen LogP contribution in [0.2, 0.25) is 0 Å². The average Bonchev–Trinajstić information content (AvgIpc) is 2.96. The van der Waals surface area contributed by atoms with E-state index in [4.69, 9.17) is 4.74 Å². The Hall–Kier alpha value is -4.04. The zero-order chi connectivity index (χ0) is 30.8. The first kappa shape index (κ1) is 30.4. The maximum Gasteiger partial charge on any atom is 0.392 e. The molecular formula is C29H30F4N6O3S. The van der Waals surface area contributed by atoms with E-state index in [2.05, 4.69) is 25.6 Å². The van der Waals surface area contributed by atoms with Crippen molar-refractivity contribution < 1.29 is 30.7 Å². The predicted molar refractivity (Wildman–Crippen MR) is 156 cm³/mol. The lowest BCUT2D eigenvalue weighted by Crippen LogP contribution is -2.38. The fourth-order valence-electron chi connectivity index (χ4n) is 4.82. The minimum atomic E-state index is -4.72. The Morgan fingerprint density at radius 3 is 2.63 bits per heavy atom. The van der Waals surface area contributed by atoms with Crippen molar-refractivity contribution in [2.24, 2.45) is 5.92 Å². The lowest BCUT2D eigenvalue weighted by Gasteiger charge is -2.23. The van der Waals surface area contributed by atoms with Gasteiger partial charge in [0.25, 0.3) is 0 Å². The van der Waals surface area contributed by atoms with E-state index in [1.54, 1.807) is 37.4 Å². The first-order valence-electron chi connectivity index (χ1n) is 13.6. The van der Waals surface area contributed by atoms with Crippen molar-refractivity contribution in [2.45, 2.75) is 38.9 Å². The topological polar surface area (TPSA) is 118 Å². The molecule has 2 aromatic carbocycles. The number of ether oxygens (including phenoxy) is 1. The maximum absolute atomic E-state index is 14.9. The minimum Gasteiger partial charge on any atom is -0.437 e. The summed E-state index contributed by atoms with van der Waals surface area (Å²) in [6.07, 6.45) is 0.471. The maximum atomic E-state index is 14.9. The number of fused-ring (bicyclic) bond motifs is 1. The van der Waals surface area contributed by atoms with Gasteiger partial charge in [0.05, 0.1) is 28.6 Å². The molecule has 5 rings (SSSR count). The third-order valence-electron chi connectivity index (χ3n) is 7.11. The summed E-state index contributed by atoms with van der Waals surface area (Å²) >= 11 is 0. The van der Waals surface area contributed by atoms with Crippen LogP contribution in [0.25, 0.3) is 22.0 Å². The van der Waals surface area contributed by atoms with Crippen LogP contribution in [0.1, 0.15) is 25.3 Å². The second-order valence-electron chi connectivity index (χ2n) is 10.5. The Kier molecular flexibility index (Phi) is 8.69. The van der Waals surface area contributed by atoms with Crippen molar-refractivity contribution in [1.82, 2.24) is 20.3 Å². The van der Waals surface area contributed by atoms with Gasteiger partial charge in [-0.2, -0.15) is 13.2 Å². The number of sulfonamides is 1. The van der Waals surface area contributed by atoms with Gasteiger partial charge in [-0.1, -0.05) is 19.1 Å². The number of halogens is 4. The number of benzene rings is 2. The number of nitrogens with one attached hydrogen (secondary N) is 3. The second-order valence-corrected chi connectivity index (χ2v) is 12.2. The van der Waals surface area contributed by atoms with E-state index in [-0.39, 0.29) is 23.1 Å². The Balaban J connectivity index is 1.48. The zero-order valence-electron chi connectivity index (χ0n) is 23.4. The standard InChI is InChI=1S/C29H30F4N6O3S/c1-17-7-8-20-21(9-10-23(30)25(20)39-43(40,41)16-18(2)29(31,32)33)26(17)42-27-22(6-4-13-35-27)24-11-14-36-28(38-24)37-19-5-3-12-34-15-19/h4,6-11,13-14,18-19,34,39H,3,5,12,15-16H2,1-2H3,(H,36,37,38). The Labute approximate surface area is 246 Å². The van der Waals surface area contributed by atoms with Gasteiger partial charge in [0, 0.05) is 35.8 Å². The SMILES string of the molecule is Cc1ccc2c(NS(=O)(=O)CC(C)C(F)(F)F)c(F)ccc2c1Oc1ncccc1-c1ccnc(NC2CCCNC2)n1. The molecule has 1 saturated heterocycles. The number of pyridine rings is 1. The quantitative estimate of drug-likeness (QED) is 0.195. The molecule has 1 aliphatic rings. The van der Waals surface area contributed by atoms with Crippen LogP contribution in [0.4, 0.5) is 29.2 Å². The third kappa shape index (κ3) is 7.13. The van der Waals surface area contributed by atoms with Crippen molar-refractivity contribution in [2.75, 3.05) is 28.9 Å². The van der Waals surface area contributed by atoms with Crippen molar-refractivity contribution in [3.63, 3.8) is 0 Å². The molecule has 3 N–H and O–H groups in total. The Morgan fingerprint density at radius 2 is 1.88 bits per heavy atom. The summed E-state index contributed by atoms with van der Waals surface area (Å²) in [5.41, 5.74) is 1.25. The van der Waals surface area contributed by atoms with Crippen LogP contribution >= 0.6 is 0 Å². The van der Waals surface area contributed by atoms with Crippen molar-refractivity contribution in [1.29, 1.82) is 0 Å². The molecule has 9 nitrogen and oxygen atoms in total. The van der Waals surface area contributed by atoms with Gasteiger partial charge < -0.3 is 15.4 Å². The van der Waals surface area contributed by atoms with Crippen LogP contribution in [0.5, 0.6) is 11.6 Å². The molecule has 0 spiro atoms. The summed E-state index contributed by atoms with van der Waals surface area (Å²) in [7, 11) is -4.56. The number of aromatic nitrogens is 3. The first-order chi connectivity index (χ1) is 20.4. The molecule has 0 aliphatic carbocycles. The molecule has 43 heavy (non-hydrogen) atoms. The number of aryl methyl sites for hydroxylation is 1. The molecule has 14 heteroatoms. The van der Waals surface area contributed by atoms with Gasteiger partial charge in [-0.05, 0) is 62.2 Å². The first-order valence-corrected chi connectivity index (χ1v) is 15.3. The molecule has 1 fully saturated rings. The second kappa shape index (κ2) is 12.3. The number of hydrogen-bond donors (Lipinski definition) is 3. The largest absolute Gasteiger partial charge is 0.437 e. The molecule has 3 heterocycles. The van der Waals surface area contributed by atoms with Gasteiger partial charge in [-0.3, -0.25) is 4.72 Å². The highest BCUT2D eigenvalue weighted by Gasteiger charge is 2.39. The molecule has 0 bridgehead atoms. The van der Waals surface area contributed by atoms with Gasteiger partial charge in [0.2, 0.25) is 21.9 Å². The average molecular weight is 619 g/mol. The van der Waals surface area contributed by atoms with E-state index in [9.17, 15) is 26.0 Å². The number of nitrogens with zero attached hydrogens (tertiary/aromatic N) is 3. The highest BCUT2D eigenvalue weighted by Crippen LogP contribution is 2.40. The molecule has 0 saturated carbocycles. The summed E-state index contributed by atoms with van der Waals surface area (Å²) in [6, 6.07) is 10.9. The molecule has 0 radical (unpaired) electrons. The summed E-state index contributed by atoms with van der Waals surface area (Å²) in [4.78, 5) is 13.4. The van der Waals surface area contributed by atoms with Crippen LogP contribution in [0.15, 0.2) is 54.9 Å². The number of rotatable bonds is 9. The highest BCUT2D eigenvalue weighted by atomic mass is 32.2. The van der Waals surface area contributed by atoms with Crippen molar-refractivity contribution in [3.8, 4) is 22.9 Å². The van der Waals surface area contributed by atoms with Gasteiger partial charge in [-0.15, -0.1) is 0 Å². The zero-order valence-corrected chi connectivity index (χ0v) is 24.2. The summed E-state index contributed by atoms with van der Waals surface area (Å²) < 4.78 is 87.6. The minimum absolute atomic E-state index is 0.107. The lowest BCUT2D eigenvalue weighted by molar-refractivity contribution is -0.163. The molecule has 0 amide bonds. The Morgan fingerprint density at radius 1 is 1.09 bits per heavy atom. The van der Waals surface area contributed by atoms with Gasteiger partial charge >= 0.3 is 6.18 Å². The van der Waals surface area contributed by atoms with E-state index < -0.39 is 39.4 Å². The molecule has 2 atom stereocenters. The van der Waals surface area contributed by atoms with Crippen LogP contribution in [-0.2, 0) is 10.0 Å². The van der Waals surface area contributed by atoms with Crippen LogP contribution in [0.3, 0.4) is 0 Å². The monoisotopic (exact) mass is 618 g/mol. The smallest absolute Gasteiger partial charge is 0.392 e. The van der Waals surface area contributed by atoms with Crippen molar-refractivity contribution >= 4 is 32.4 Å².